The van der Waals surface area contributed by atoms with Crippen molar-refractivity contribution in [3.63, 3.8) is 0 Å². The maximum absolute atomic E-state index is 15.5. The van der Waals surface area contributed by atoms with Crippen LogP contribution in [0.4, 0.5) is 11.4 Å². The van der Waals surface area contributed by atoms with Crippen LogP contribution in [-0.4, -0.2) is 67.6 Å². The van der Waals surface area contributed by atoms with Gasteiger partial charge in [0.1, 0.15) is 18.1 Å². The van der Waals surface area contributed by atoms with Crippen LogP contribution in [0.25, 0.3) is 55.3 Å². The second-order valence-electron chi connectivity index (χ2n) is 28.2. The van der Waals surface area contributed by atoms with Gasteiger partial charge in [0.25, 0.3) is 11.4 Å². The Morgan fingerprint density at radius 2 is 0.818 bits per heavy atom. The number of carbonyl (C=O) groups is 6. The molecule has 0 amide bonds. The number of benzene rings is 12. The summed E-state index contributed by atoms with van der Waals surface area (Å²) in [6.45, 7) is -0.0155. The van der Waals surface area contributed by atoms with Crippen molar-refractivity contribution in [3.05, 3.63) is 354 Å². The molecule has 3 saturated carbocycles. The molecule has 16 rings (SSSR count). The number of para-hydroxylation sites is 2. The number of nitro groups is 2. The van der Waals surface area contributed by atoms with Gasteiger partial charge in [-0.1, -0.05) is 254 Å². The largest absolute Gasteiger partial charge is 0.481 e. The summed E-state index contributed by atoms with van der Waals surface area (Å²) >= 11 is 14.3. The van der Waals surface area contributed by atoms with E-state index in [2.05, 4.69) is 0 Å². The van der Waals surface area contributed by atoms with Crippen molar-refractivity contribution in [1.29, 1.82) is 0 Å². The van der Waals surface area contributed by atoms with Gasteiger partial charge < -0.3 is 29.5 Å². The second kappa shape index (κ2) is 29.3. The van der Waals surface area contributed by atoms with Crippen LogP contribution in [0, 0.1) is 55.7 Å². The Hall–Kier alpha value is -12.9. The Morgan fingerprint density at radius 1 is 0.364 bits per heavy atom. The van der Waals surface area contributed by atoms with Crippen molar-refractivity contribution in [1.82, 2.24) is 0 Å². The van der Waals surface area contributed by atoms with Crippen molar-refractivity contribution in [3.8, 4) is 56.0 Å². The van der Waals surface area contributed by atoms with Crippen molar-refractivity contribution in [2.75, 3.05) is 6.61 Å². The minimum absolute atomic E-state index is 0.00502. The van der Waals surface area contributed by atoms with Crippen LogP contribution in [0.3, 0.4) is 0 Å². The number of nitro benzene ring substituents is 2. The Kier molecular flexibility index (Phi) is 19.0. The van der Waals surface area contributed by atoms with E-state index in [4.69, 9.17) is 37.4 Å². The smallest absolute Gasteiger partial charge is 0.315 e. The number of carboxylic acids is 3. The van der Waals surface area contributed by atoms with Gasteiger partial charge in [0.05, 0.1) is 55.9 Å². The summed E-state index contributed by atoms with van der Waals surface area (Å²) in [5, 5.41) is 61.0. The number of carboxylic acid groups (broad SMARTS) is 3. The molecule has 0 aliphatic heterocycles. The third-order valence-electron chi connectivity index (χ3n) is 22.7. The minimum Gasteiger partial charge on any atom is -0.481 e. The molecule has 110 heavy (non-hydrogen) atoms. The highest BCUT2D eigenvalue weighted by molar-refractivity contribution is 6.34. The molecule has 0 radical (unpaired) electrons. The number of esters is 3. The number of hydrogen-bond donors (Lipinski definition) is 3. The van der Waals surface area contributed by atoms with Crippen molar-refractivity contribution in [2.45, 2.75) is 41.4 Å². The lowest BCUT2D eigenvalue weighted by Crippen LogP contribution is -2.52. The van der Waals surface area contributed by atoms with E-state index < -0.39 is 128 Å². The first-order valence-electron chi connectivity index (χ1n) is 35.7. The van der Waals surface area contributed by atoms with E-state index in [1.165, 1.54) is 48.5 Å². The van der Waals surface area contributed by atoms with Crippen LogP contribution < -0.4 is 9.47 Å². The lowest BCUT2D eigenvalue weighted by atomic mass is 9.52. The molecular formula is C90H64Cl2N2O16. The first kappa shape index (κ1) is 71.4. The topological polar surface area (TPSA) is 277 Å². The monoisotopic (exact) mass is 1500 g/mol. The zero-order valence-electron chi connectivity index (χ0n) is 58.1. The predicted octanol–water partition coefficient (Wildman–Crippen LogP) is 19.1. The van der Waals surface area contributed by atoms with Crippen LogP contribution in [-0.2, 0) is 33.5 Å². The summed E-state index contributed by atoms with van der Waals surface area (Å²) in [7, 11) is 0. The van der Waals surface area contributed by atoms with Gasteiger partial charge in [0.15, 0.2) is 0 Å². The number of ether oxygens (including phenoxy) is 3. The fraction of sp³-hybridized carbons (Fsp3) is 0.156. The number of halogens is 2. The normalized spacial score (nSPS) is 21.5. The predicted molar refractivity (Wildman–Crippen MR) is 412 cm³/mol. The van der Waals surface area contributed by atoms with Crippen LogP contribution >= 0.6 is 23.2 Å². The highest BCUT2D eigenvalue weighted by atomic mass is 35.5. The zero-order chi connectivity index (χ0) is 76.3. The molecule has 0 unspecified atom stereocenters. The number of aliphatic carboxylic acids is 3. The maximum atomic E-state index is 15.5. The number of carbonyl (C=O) groups excluding carboxylic acids is 3. The summed E-state index contributed by atoms with van der Waals surface area (Å²) < 4.78 is 18.8. The van der Waals surface area contributed by atoms with Crippen LogP contribution in [0.1, 0.15) is 85.9 Å². The Balaban J connectivity index is 0.703. The SMILES string of the molecule is O=C(O)[C@@H]1[C@H](c2ccccc2Cl)[C@@H](C(=O)OCC2c3ccccc3-c3ccccc32)[C@H]1c1cccc(-c2ccc3c(OC(=O)[C@@H]4[C@@H](c5ccccc5[N+](=O)[O-])[C@@H](C(=O)O)[C@@H]4c4cccc(-c5cccc(-c6cccc(OC(=O)[C@H]7[C@@H](c8ccccc8)[C@H](C(=O)O)[C@@H]7c7ccccc7)c6)c5)c4[N+](=O)[O-])cccc3c2)c1Cl. The molecule has 0 bridgehead atoms. The third-order valence-corrected chi connectivity index (χ3v) is 23.5. The molecule has 12 aromatic carbocycles. The van der Waals surface area contributed by atoms with E-state index in [0.717, 1.165) is 22.3 Å². The number of nitrogens with zero attached hydrogens (tertiary/aromatic N) is 2. The van der Waals surface area contributed by atoms with Gasteiger partial charge in [-0.15, -0.1) is 0 Å². The molecule has 3 fully saturated rings. The Bertz CT molecular complexity index is 5660. The first-order chi connectivity index (χ1) is 53.4. The van der Waals surface area contributed by atoms with Crippen LogP contribution in [0.5, 0.6) is 11.5 Å². The Morgan fingerprint density at radius 3 is 1.45 bits per heavy atom. The standard InChI is InChI=1S/C90H64Cl2N2O16/c91-68-39-13-11-33-63(68)73-78(86(97)98)75(81(73)88(101)108-47-67-61-31-9-7-29-59(61)60-30-8-10-32-62(60)67)65-37-18-35-57(83(65)92)54-42-43-56-52(45-54)27-17-41-70(56)110-90(103)82-74(64-34-12-14-40-69(64)93(104)105)79(87(99)100)76(82)66-38-19-36-58(84(66)94(106)107)53-26-15-24-50(44-53)51-25-16-28-55(46-51)109-89(102)80-71(48-20-3-1-4-21-48)77(85(95)96)72(80)49-22-5-2-6-23-49/h1-46,67,71-82H,47H2,(H,95,96)(H,97,98)(H,99,100)/t71-,72-,73-,74-,75-,76-,77-,78+,79+,80-,81+,82+/m0/s1. The molecule has 10 atom stereocenters. The molecular weight excluding hydrogens is 1440 g/mol. The van der Waals surface area contributed by atoms with Crippen LogP contribution in [0.15, 0.2) is 279 Å². The second-order valence-corrected chi connectivity index (χ2v) is 29.0. The van der Waals surface area contributed by atoms with Gasteiger partial charge in [-0.25, -0.2) is 0 Å². The third kappa shape index (κ3) is 12.5. The molecule has 4 aliphatic rings. The molecule has 0 saturated heterocycles. The van der Waals surface area contributed by atoms with E-state index in [-0.39, 0.29) is 50.8 Å². The lowest BCUT2D eigenvalue weighted by Gasteiger charge is -2.49. The number of hydrogen-bond acceptors (Lipinski definition) is 13. The van der Waals surface area contributed by atoms with Crippen molar-refractivity contribution >= 4 is 81.2 Å². The van der Waals surface area contributed by atoms with Crippen molar-refractivity contribution in [2.24, 2.45) is 35.5 Å². The van der Waals surface area contributed by atoms with E-state index in [0.29, 0.717) is 60.8 Å². The molecule has 0 spiro atoms. The molecule has 4 aliphatic carbocycles. The summed E-state index contributed by atoms with van der Waals surface area (Å²) in [4.78, 5) is 111. The average molecular weight is 1500 g/mol. The van der Waals surface area contributed by atoms with Gasteiger partial charge in [0, 0.05) is 74.6 Å². The van der Waals surface area contributed by atoms with Gasteiger partial charge in [0.2, 0.25) is 0 Å². The molecule has 544 valence electrons. The lowest BCUT2D eigenvalue weighted by molar-refractivity contribution is -0.386. The maximum Gasteiger partial charge on any atom is 0.315 e. The van der Waals surface area contributed by atoms with Gasteiger partial charge in [-0.3, -0.25) is 49.0 Å². The fourth-order valence-electron chi connectivity index (χ4n) is 17.9. The van der Waals surface area contributed by atoms with Gasteiger partial charge in [-0.05, 0) is 115 Å². The quantitative estimate of drug-likeness (QED) is 0.0261. The summed E-state index contributed by atoms with van der Waals surface area (Å²) in [6, 6.07) is 79.0. The molecule has 0 heterocycles. The van der Waals surface area contributed by atoms with E-state index in [1.807, 2.05) is 60.7 Å². The molecule has 0 aromatic heterocycles. The number of rotatable bonds is 21. The molecule has 18 nitrogen and oxygen atoms in total. The fourth-order valence-corrected chi connectivity index (χ4v) is 18.6. The highest BCUT2D eigenvalue weighted by Crippen LogP contribution is 2.64. The first-order valence-corrected chi connectivity index (χ1v) is 36.5. The summed E-state index contributed by atoms with van der Waals surface area (Å²) in [6.07, 6.45) is 0. The zero-order valence-corrected chi connectivity index (χ0v) is 59.6. The van der Waals surface area contributed by atoms with E-state index in [9.17, 15) is 59.5 Å². The van der Waals surface area contributed by atoms with E-state index >= 15 is 4.79 Å². The van der Waals surface area contributed by atoms with Crippen molar-refractivity contribution < 1.29 is 68.1 Å². The van der Waals surface area contributed by atoms with Gasteiger partial charge >= 0.3 is 35.8 Å². The van der Waals surface area contributed by atoms with E-state index in [1.54, 1.807) is 170 Å². The molecule has 12 aromatic rings. The summed E-state index contributed by atoms with van der Waals surface area (Å²) in [5.41, 5.74) is 7.42. The summed E-state index contributed by atoms with van der Waals surface area (Å²) in [5.74, 6) is -19.7. The number of fused-ring (bicyclic) bond motifs is 4. The highest BCUT2D eigenvalue weighted by Gasteiger charge is 2.64. The van der Waals surface area contributed by atoms with Crippen LogP contribution in [0.2, 0.25) is 10.0 Å². The average Bonchev–Trinajstić information content (AvgIpc) is 1.02. The molecule has 20 heteroatoms. The molecule has 3 N–H and O–H groups in total. The van der Waals surface area contributed by atoms with Gasteiger partial charge in [-0.2, -0.15) is 0 Å². The minimum atomic E-state index is -1.65. The Labute approximate surface area is 639 Å².